The summed E-state index contributed by atoms with van der Waals surface area (Å²) in [6.07, 6.45) is 0. The standard InChI is InChI=1S/C17H21N3O4/c1-9-7-12(8-13(23-5)15(9)24-6)20(4)17-18-11(3)10(2)14(19-17)16(21)22/h7-8H,1-6H3,(H,21,22). The average molecular weight is 331 g/mol. The van der Waals surface area contributed by atoms with Gasteiger partial charge in [-0.1, -0.05) is 0 Å². The first-order valence-electron chi connectivity index (χ1n) is 7.35. The van der Waals surface area contributed by atoms with Gasteiger partial charge in [-0.3, -0.25) is 0 Å². The molecular formula is C17H21N3O4. The van der Waals surface area contributed by atoms with E-state index in [1.807, 2.05) is 13.0 Å². The van der Waals surface area contributed by atoms with Gasteiger partial charge < -0.3 is 19.5 Å². The normalized spacial score (nSPS) is 10.4. The van der Waals surface area contributed by atoms with E-state index in [1.165, 1.54) is 0 Å². The van der Waals surface area contributed by atoms with Crippen molar-refractivity contribution in [2.45, 2.75) is 20.8 Å². The summed E-state index contributed by atoms with van der Waals surface area (Å²) in [6, 6.07) is 3.70. The van der Waals surface area contributed by atoms with E-state index < -0.39 is 5.97 Å². The van der Waals surface area contributed by atoms with Gasteiger partial charge in [0.25, 0.3) is 0 Å². The summed E-state index contributed by atoms with van der Waals surface area (Å²) in [7, 11) is 4.92. The molecule has 0 aliphatic heterocycles. The second kappa shape index (κ2) is 6.74. The van der Waals surface area contributed by atoms with E-state index in [0.29, 0.717) is 28.7 Å². The number of aryl methyl sites for hydroxylation is 2. The summed E-state index contributed by atoms with van der Waals surface area (Å²) in [5.41, 5.74) is 2.84. The fraction of sp³-hybridized carbons (Fsp3) is 0.353. The van der Waals surface area contributed by atoms with Crippen LogP contribution in [-0.2, 0) is 0 Å². The molecule has 0 aliphatic carbocycles. The van der Waals surface area contributed by atoms with Gasteiger partial charge in [0.2, 0.25) is 5.95 Å². The summed E-state index contributed by atoms with van der Waals surface area (Å²) in [6.45, 7) is 5.37. The lowest BCUT2D eigenvalue weighted by atomic mass is 10.1. The van der Waals surface area contributed by atoms with Gasteiger partial charge in [0.15, 0.2) is 17.2 Å². The molecule has 0 bridgehead atoms. The van der Waals surface area contributed by atoms with Crippen molar-refractivity contribution in [1.29, 1.82) is 0 Å². The van der Waals surface area contributed by atoms with Crippen LogP contribution < -0.4 is 14.4 Å². The second-order valence-electron chi connectivity index (χ2n) is 5.44. The number of carboxylic acids is 1. The van der Waals surface area contributed by atoms with Gasteiger partial charge in [-0.15, -0.1) is 0 Å². The highest BCUT2D eigenvalue weighted by molar-refractivity contribution is 5.87. The molecule has 0 saturated carbocycles. The molecule has 1 aromatic carbocycles. The van der Waals surface area contributed by atoms with Crippen LogP contribution in [0.25, 0.3) is 0 Å². The number of hydrogen-bond donors (Lipinski definition) is 1. The lowest BCUT2D eigenvalue weighted by Gasteiger charge is -2.21. The largest absolute Gasteiger partial charge is 0.493 e. The lowest BCUT2D eigenvalue weighted by molar-refractivity contribution is 0.0689. The SMILES string of the molecule is COc1cc(N(C)c2nc(C)c(C)c(C(=O)O)n2)cc(C)c1OC. The molecule has 0 atom stereocenters. The Morgan fingerprint density at radius 1 is 1.12 bits per heavy atom. The third-order valence-electron chi connectivity index (χ3n) is 3.92. The molecule has 0 radical (unpaired) electrons. The van der Waals surface area contributed by atoms with Gasteiger partial charge in [0, 0.05) is 30.1 Å². The van der Waals surface area contributed by atoms with Crippen LogP contribution in [0.2, 0.25) is 0 Å². The number of carboxylic acid groups (broad SMARTS) is 1. The predicted octanol–water partition coefficient (Wildman–Crippen LogP) is 2.89. The van der Waals surface area contributed by atoms with E-state index in [9.17, 15) is 9.90 Å². The molecule has 7 nitrogen and oxygen atoms in total. The zero-order valence-electron chi connectivity index (χ0n) is 14.7. The van der Waals surface area contributed by atoms with E-state index in [1.54, 1.807) is 46.1 Å². The molecule has 2 aromatic rings. The fourth-order valence-corrected chi connectivity index (χ4v) is 2.42. The number of ether oxygens (including phenoxy) is 2. The van der Waals surface area contributed by atoms with Crippen LogP contribution in [0.5, 0.6) is 11.5 Å². The van der Waals surface area contributed by atoms with Gasteiger partial charge in [-0.2, -0.15) is 0 Å². The van der Waals surface area contributed by atoms with E-state index >= 15 is 0 Å². The summed E-state index contributed by atoms with van der Waals surface area (Å²) in [5, 5.41) is 9.32. The Balaban J connectivity index is 2.55. The monoisotopic (exact) mass is 331 g/mol. The van der Waals surface area contributed by atoms with Crippen LogP contribution in [0.3, 0.4) is 0 Å². The maximum atomic E-state index is 11.4. The molecule has 0 saturated heterocycles. The van der Waals surface area contributed by atoms with E-state index in [2.05, 4.69) is 9.97 Å². The summed E-state index contributed by atoms with van der Waals surface area (Å²) >= 11 is 0. The summed E-state index contributed by atoms with van der Waals surface area (Å²) < 4.78 is 10.7. The lowest BCUT2D eigenvalue weighted by Crippen LogP contribution is -2.17. The van der Waals surface area contributed by atoms with Crippen molar-refractivity contribution >= 4 is 17.6 Å². The second-order valence-corrected chi connectivity index (χ2v) is 5.44. The minimum Gasteiger partial charge on any atom is -0.493 e. The number of methoxy groups -OCH3 is 2. The minimum atomic E-state index is -1.07. The maximum absolute atomic E-state index is 11.4. The van der Waals surface area contributed by atoms with E-state index in [4.69, 9.17) is 9.47 Å². The number of benzene rings is 1. The third kappa shape index (κ3) is 3.10. The Hall–Kier alpha value is -2.83. The highest BCUT2D eigenvalue weighted by Gasteiger charge is 2.19. The third-order valence-corrected chi connectivity index (χ3v) is 3.92. The predicted molar refractivity (Wildman–Crippen MR) is 90.8 cm³/mol. The number of rotatable bonds is 5. The first-order chi connectivity index (χ1) is 11.3. The van der Waals surface area contributed by atoms with Crippen LogP contribution in [0.15, 0.2) is 12.1 Å². The molecule has 0 amide bonds. The van der Waals surface area contributed by atoms with Crippen molar-refractivity contribution < 1.29 is 19.4 Å². The van der Waals surface area contributed by atoms with Crippen LogP contribution in [-0.4, -0.2) is 42.3 Å². The molecular weight excluding hydrogens is 310 g/mol. The van der Waals surface area contributed by atoms with Crippen molar-refractivity contribution in [2.75, 3.05) is 26.2 Å². The zero-order chi connectivity index (χ0) is 18.0. The Morgan fingerprint density at radius 2 is 1.79 bits per heavy atom. The van der Waals surface area contributed by atoms with Crippen LogP contribution in [0.1, 0.15) is 27.3 Å². The smallest absolute Gasteiger partial charge is 0.354 e. The molecule has 0 fully saturated rings. The number of carbonyl (C=O) groups is 1. The minimum absolute atomic E-state index is 0.00143. The highest BCUT2D eigenvalue weighted by Crippen LogP contribution is 2.36. The number of aromatic nitrogens is 2. The number of anilines is 2. The number of aromatic carboxylic acids is 1. The van der Waals surface area contributed by atoms with Gasteiger partial charge in [0.05, 0.1) is 14.2 Å². The van der Waals surface area contributed by atoms with Crippen molar-refractivity contribution in [1.82, 2.24) is 9.97 Å². The fourth-order valence-electron chi connectivity index (χ4n) is 2.42. The Morgan fingerprint density at radius 3 is 2.33 bits per heavy atom. The quantitative estimate of drug-likeness (QED) is 0.901. The van der Waals surface area contributed by atoms with Crippen LogP contribution in [0.4, 0.5) is 11.6 Å². The first kappa shape index (κ1) is 17.5. The van der Waals surface area contributed by atoms with Crippen LogP contribution in [0, 0.1) is 20.8 Å². The van der Waals surface area contributed by atoms with Gasteiger partial charge in [-0.05, 0) is 32.4 Å². The molecule has 1 aromatic heterocycles. The number of nitrogens with zero attached hydrogens (tertiary/aromatic N) is 3. The van der Waals surface area contributed by atoms with Crippen molar-refractivity contribution in [2.24, 2.45) is 0 Å². The highest BCUT2D eigenvalue weighted by atomic mass is 16.5. The Kier molecular flexibility index (Phi) is 4.92. The van der Waals surface area contributed by atoms with Crippen molar-refractivity contribution in [3.05, 3.63) is 34.6 Å². The van der Waals surface area contributed by atoms with Gasteiger partial charge in [0.1, 0.15) is 0 Å². The molecule has 128 valence electrons. The Bertz CT molecular complexity index is 790. The van der Waals surface area contributed by atoms with E-state index in [0.717, 1.165) is 11.3 Å². The Labute approximate surface area is 140 Å². The molecule has 0 spiro atoms. The molecule has 0 unspecified atom stereocenters. The topological polar surface area (TPSA) is 84.8 Å². The summed E-state index contributed by atoms with van der Waals surface area (Å²) in [4.78, 5) is 21.7. The molecule has 7 heteroatoms. The molecule has 2 rings (SSSR count). The molecule has 24 heavy (non-hydrogen) atoms. The van der Waals surface area contributed by atoms with Crippen molar-refractivity contribution in [3.63, 3.8) is 0 Å². The van der Waals surface area contributed by atoms with Crippen LogP contribution >= 0.6 is 0 Å². The molecule has 0 aliphatic rings. The average Bonchev–Trinajstić information content (AvgIpc) is 2.55. The van der Waals surface area contributed by atoms with Gasteiger partial charge in [-0.25, -0.2) is 14.8 Å². The van der Waals surface area contributed by atoms with Crippen molar-refractivity contribution in [3.8, 4) is 11.5 Å². The summed E-state index contributed by atoms with van der Waals surface area (Å²) in [5.74, 6) is 0.474. The zero-order valence-corrected chi connectivity index (χ0v) is 14.7. The first-order valence-corrected chi connectivity index (χ1v) is 7.35. The van der Waals surface area contributed by atoms with Gasteiger partial charge >= 0.3 is 5.97 Å². The van der Waals surface area contributed by atoms with E-state index in [-0.39, 0.29) is 5.69 Å². The number of hydrogen-bond acceptors (Lipinski definition) is 6. The molecule has 1 heterocycles. The molecule has 1 N–H and O–H groups in total. The maximum Gasteiger partial charge on any atom is 0.354 e.